The van der Waals surface area contributed by atoms with Gasteiger partial charge in [0, 0.05) is 11.4 Å². The van der Waals surface area contributed by atoms with Crippen molar-refractivity contribution < 1.29 is 23.9 Å². The van der Waals surface area contributed by atoms with Crippen LogP contribution >= 0.6 is 0 Å². The standard InChI is InChI=1S/C20H22N2O5/c1-4-26-20(25)22-16-7-5-6-15(11-16)19(24)27-12-18(23)21-17-9-8-13(2)14(3)10-17/h5-11H,4,12H2,1-3H3,(H,21,23)(H,22,25). The van der Waals surface area contributed by atoms with E-state index in [1.807, 2.05) is 26.0 Å². The molecule has 2 aromatic rings. The molecule has 0 saturated heterocycles. The summed E-state index contributed by atoms with van der Waals surface area (Å²) >= 11 is 0. The SMILES string of the molecule is CCOC(=O)Nc1cccc(C(=O)OCC(=O)Nc2ccc(C)c(C)c2)c1. The van der Waals surface area contributed by atoms with Crippen LogP contribution < -0.4 is 10.6 Å². The summed E-state index contributed by atoms with van der Waals surface area (Å²) in [6, 6.07) is 11.7. The first-order chi connectivity index (χ1) is 12.9. The summed E-state index contributed by atoms with van der Waals surface area (Å²) in [5.74, 6) is -1.11. The third-order valence-corrected chi connectivity index (χ3v) is 3.75. The van der Waals surface area contributed by atoms with E-state index in [0.29, 0.717) is 11.4 Å². The number of hydrogen-bond acceptors (Lipinski definition) is 5. The fourth-order valence-corrected chi connectivity index (χ4v) is 2.24. The number of carbonyl (C=O) groups is 3. The monoisotopic (exact) mass is 370 g/mol. The van der Waals surface area contributed by atoms with Gasteiger partial charge in [-0.3, -0.25) is 10.1 Å². The number of benzene rings is 2. The first kappa shape index (κ1) is 20.0. The van der Waals surface area contributed by atoms with Crippen LogP contribution in [0.5, 0.6) is 0 Å². The average molecular weight is 370 g/mol. The maximum absolute atomic E-state index is 12.1. The third kappa shape index (κ3) is 6.14. The molecule has 0 fully saturated rings. The number of ether oxygens (including phenoxy) is 2. The van der Waals surface area contributed by atoms with E-state index in [1.165, 1.54) is 12.1 Å². The van der Waals surface area contributed by atoms with Crippen LogP contribution in [-0.4, -0.2) is 31.2 Å². The Hall–Kier alpha value is -3.35. The van der Waals surface area contributed by atoms with Gasteiger partial charge in [-0.1, -0.05) is 12.1 Å². The highest BCUT2D eigenvalue weighted by molar-refractivity contribution is 5.96. The molecule has 0 bridgehead atoms. The van der Waals surface area contributed by atoms with Gasteiger partial charge in [0.2, 0.25) is 0 Å². The van der Waals surface area contributed by atoms with Crippen molar-refractivity contribution in [2.75, 3.05) is 23.8 Å². The zero-order valence-electron chi connectivity index (χ0n) is 15.5. The molecular weight excluding hydrogens is 348 g/mol. The van der Waals surface area contributed by atoms with Gasteiger partial charge in [-0.15, -0.1) is 0 Å². The fraction of sp³-hybridized carbons (Fsp3) is 0.250. The Kier molecular flexibility index (Phi) is 6.93. The lowest BCUT2D eigenvalue weighted by Crippen LogP contribution is -2.21. The molecule has 2 amide bonds. The maximum atomic E-state index is 12.1. The molecule has 0 aliphatic carbocycles. The largest absolute Gasteiger partial charge is 0.452 e. The number of amides is 2. The van der Waals surface area contributed by atoms with Gasteiger partial charge in [0.05, 0.1) is 12.2 Å². The molecule has 7 nitrogen and oxygen atoms in total. The van der Waals surface area contributed by atoms with Crippen molar-refractivity contribution >= 4 is 29.3 Å². The first-order valence-electron chi connectivity index (χ1n) is 8.47. The van der Waals surface area contributed by atoms with E-state index in [2.05, 4.69) is 10.6 Å². The summed E-state index contributed by atoms with van der Waals surface area (Å²) in [6.07, 6.45) is -0.615. The summed E-state index contributed by atoms with van der Waals surface area (Å²) in [5, 5.41) is 5.18. The molecule has 2 aromatic carbocycles. The second-order valence-corrected chi connectivity index (χ2v) is 5.85. The lowest BCUT2D eigenvalue weighted by Gasteiger charge is -2.09. The van der Waals surface area contributed by atoms with Gasteiger partial charge in [-0.05, 0) is 62.2 Å². The Morgan fingerprint density at radius 3 is 2.33 bits per heavy atom. The summed E-state index contributed by atoms with van der Waals surface area (Å²) in [4.78, 5) is 35.5. The summed E-state index contributed by atoms with van der Waals surface area (Å²) < 4.78 is 9.81. The molecule has 0 aliphatic rings. The molecule has 0 aromatic heterocycles. The number of nitrogens with one attached hydrogen (secondary N) is 2. The minimum absolute atomic E-state index is 0.211. The molecule has 2 rings (SSSR count). The van der Waals surface area contributed by atoms with Crippen LogP contribution in [0.4, 0.5) is 16.2 Å². The number of esters is 1. The zero-order chi connectivity index (χ0) is 19.8. The second kappa shape index (κ2) is 9.38. The number of hydrogen-bond donors (Lipinski definition) is 2. The second-order valence-electron chi connectivity index (χ2n) is 5.85. The molecule has 0 spiro atoms. The third-order valence-electron chi connectivity index (χ3n) is 3.75. The lowest BCUT2D eigenvalue weighted by atomic mass is 10.1. The molecular formula is C20H22N2O5. The molecule has 7 heteroatoms. The summed E-state index contributed by atoms with van der Waals surface area (Å²) in [7, 11) is 0. The first-order valence-corrected chi connectivity index (χ1v) is 8.47. The number of anilines is 2. The molecule has 0 radical (unpaired) electrons. The van der Waals surface area contributed by atoms with Crippen molar-refractivity contribution in [2.24, 2.45) is 0 Å². The smallest absolute Gasteiger partial charge is 0.411 e. The lowest BCUT2D eigenvalue weighted by molar-refractivity contribution is -0.119. The predicted octanol–water partition coefficient (Wildman–Crippen LogP) is 3.67. The van der Waals surface area contributed by atoms with Gasteiger partial charge in [0.1, 0.15) is 0 Å². The van der Waals surface area contributed by atoms with Gasteiger partial charge in [-0.25, -0.2) is 9.59 Å². The van der Waals surface area contributed by atoms with E-state index in [9.17, 15) is 14.4 Å². The minimum atomic E-state index is -0.669. The van der Waals surface area contributed by atoms with Crippen molar-refractivity contribution in [2.45, 2.75) is 20.8 Å². The molecule has 0 aliphatic heterocycles. The van der Waals surface area contributed by atoms with Gasteiger partial charge in [-0.2, -0.15) is 0 Å². The minimum Gasteiger partial charge on any atom is -0.452 e. The van der Waals surface area contributed by atoms with Gasteiger partial charge in [0.15, 0.2) is 6.61 Å². The molecule has 0 heterocycles. The Morgan fingerprint density at radius 1 is 0.889 bits per heavy atom. The Labute approximate surface area is 157 Å². The van der Waals surface area contributed by atoms with Crippen LogP contribution in [-0.2, 0) is 14.3 Å². The van der Waals surface area contributed by atoms with Crippen LogP contribution in [0.2, 0.25) is 0 Å². The highest BCUT2D eigenvalue weighted by Crippen LogP contribution is 2.15. The number of rotatable bonds is 6. The molecule has 0 atom stereocenters. The fourth-order valence-electron chi connectivity index (χ4n) is 2.24. The van der Waals surface area contributed by atoms with Crippen molar-refractivity contribution in [1.82, 2.24) is 0 Å². The quantitative estimate of drug-likeness (QED) is 0.757. The zero-order valence-corrected chi connectivity index (χ0v) is 15.5. The number of carbonyl (C=O) groups excluding carboxylic acids is 3. The van der Waals surface area contributed by atoms with Gasteiger partial charge < -0.3 is 14.8 Å². The summed E-state index contributed by atoms with van der Waals surface area (Å²) in [5.41, 5.74) is 3.41. The Balaban J connectivity index is 1.90. The van der Waals surface area contributed by atoms with Gasteiger partial charge >= 0.3 is 12.1 Å². The highest BCUT2D eigenvalue weighted by atomic mass is 16.5. The normalized spacial score (nSPS) is 10.0. The Bertz CT molecular complexity index is 848. The van der Waals surface area contributed by atoms with Crippen molar-refractivity contribution in [3.8, 4) is 0 Å². The van der Waals surface area contributed by atoms with Crippen LogP contribution in [0, 0.1) is 13.8 Å². The predicted molar refractivity (Wildman–Crippen MR) is 102 cm³/mol. The molecule has 142 valence electrons. The molecule has 27 heavy (non-hydrogen) atoms. The van der Waals surface area contributed by atoms with Crippen molar-refractivity contribution in [3.05, 3.63) is 59.2 Å². The van der Waals surface area contributed by atoms with Gasteiger partial charge in [0.25, 0.3) is 5.91 Å². The van der Waals surface area contributed by atoms with Crippen LogP contribution in [0.1, 0.15) is 28.4 Å². The summed E-state index contributed by atoms with van der Waals surface area (Å²) in [6.45, 7) is 5.44. The van der Waals surface area contributed by atoms with E-state index in [4.69, 9.17) is 9.47 Å². The highest BCUT2D eigenvalue weighted by Gasteiger charge is 2.12. The molecule has 2 N–H and O–H groups in total. The topological polar surface area (TPSA) is 93.7 Å². The van der Waals surface area contributed by atoms with E-state index in [0.717, 1.165) is 11.1 Å². The Morgan fingerprint density at radius 2 is 1.63 bits per heavy atom. The molecule has 0 unspecified atom stereocenters. The maximum Gasteiger partial charge on any atom is 0.411 e. The van der Waals surface area contributed by atoms with E-state index < -0.39 is 24.6 Å². The van der Waals surface area contributed by atoms with Crippen LogP contribution in [0.25, 0.3) is 0 Å². The molecule has 0 saturated carbocycles. The van der Waals surface area contributed by atoms with E-state index >= 15 is 0 Å². The van der Waals surface area contributed by atoms with E-state index in [1.54, 1.807) is 25.1 Å². The number of aryl methyl sites for hydroxylation is 2. The van der Waals surface area contributed by atoms with Crippen LogP contribution in [0.15, 0.2) is 42.5 Å². The average Bonchev–Trinajstić information content (AvgIpc) is 2.63. The van der Waals surface area contributed by atoms with E-state index in [-0.39, 0.29) is 12.2 Å². The van der Waals surface area contributed by atoms with Crippen LogP contribution in [0.3, 0.4) is 0 Å². The van der Waals surface area contributed by atoms with Crippen molar-refractivity contribution in [1.29, 1.82) is 0 Å². The van der Waals surface area contributed by atoms with Crippen molar-refractivity contribution in [3.63, 3.8) is 0 Å².